The van der Waals surface area contributed by atoms with E-state index in [2.05, 4.69) is 15.2 Å². The number of ketones is 1. The molecule has 0 aliphatic carbocycles. The predicted molar refractivity (Wildman–Crippen MR) is 262 cm³/mol. The fraction of sp³-hybridized carbons (Fsp3) is 0.788. The number of esters is 1. The molecule has 17 atom stereocenters. The largest absolute Gasteiger partial charge is 0.459 e. The van der Waals surface area contributed by atoms with Crippen molar-refractivity contribution in [3.63, 3.8) is 0 Å². The van der Waals surface area contributed by atoms with E-state index in [1.54, 1.807) is 51.7 Å². The number of benzene rings is 1. The number of likely N-dealkylation sites (N-methyl/N-ethyl adjacent to an activating group) is 1. The summed E-state index contributed by atoms with van der Waals surface area (Å²) < 4.78 is 46.2. The number of aromatic nitrogens is 3. The summed E-state index contributed by atoms with van der Waals surface area (Å²) in [6.45, 7) is 16.5. The van der Waals surface area contributed by atoms with Gasteiger partial charge in [-0.05, 0) is 84.9 Å². The lowest BCUT2D eigenvalue weighted by Gasteiger charge is -2.49. The van der Waals surface area contributed by atoms with Crippen molar-refractivity contribution in [2.24, 2.45) is 17.8 Å². The number of Topliss-reactive ketones (excluding diaryl/α,β-unsaturated/α-hetero) is 1. The quantitative estimate of drug-likeness (QED) is 0.0533. The molecule has 408 valence electrons. The van der Waals surface area contributed by atoms with E-state index in [0.717, 1.165) is 29.7 Å². The summed E-state index contributed by atoms with van der Waals surface area (Å²) in [5.74, 6) is -4.04. The van der Waals surface area contributed by atoms with E-state index in [1.165, 1.54) is 21.1 Å². The maximum Gasteiger partial charge on any atom is 0.308 e. The average molecular weight is 1020 g/mol. The van der Waals surface area contributed by atoms with Crippen LogP contribution >= 0.6 is 0 Å². The Hall–Kier alpha value is -3.51. The van der Waals surface area contributed by atoms with Crippen LogP contribution in [-0.4, -0.2) is 169 Å². The smallest absolute Gasteiger partial charge is 0.308 e. The van der Waals surface area contributed by atoms with E-state index >= 15 is 0 Å². The Morgan fingerprint density at radius 3 is 2.22 bits per heavy atom. The number of ether oxygens (including phenoxy) is 7. The zero-order chi connectivity index (χ0) is 53.3. The van der Waals surface area contributed by atoms with E-state index in [9.17, 15) is 34.8 Å². The van der Waals surface area contributed by atoms with Gasteiger partial charge in [0.1, 0.15) is 29.7 Å². The highest BCUT2D eigenvalue weighted by atomic mass is 16.7. The number of carbonyl (C=O) groups is 3. The Bertz CT molecular complexity index is 2040. The first-order chi connectivity index (χ1) is 33.9. The Balaban J connectivity index is 1.39. The minimum Gasteiger partial charge on any atom is -0.459 e. The molecule has 3 saturated heterocycles. The summed E-state index contributed by atoms with van der Waals surface area (Å²) in [6, 6.07) is 7.76. The lowest BCUT2D eigenvalue weighted by molar-refractivity contribution is -0.317. The molecule has 0 spiro atoms. The van der Waals surface area contributed by atoms with Gasteiger partial charge in [-0.25, -0.2) is 5.48 Å². The van der Waals surface area contributed by atoms with Crippen molar-refractivity contribution in [2.45, 2.75) is 224 Å². The molecular weight excluding hydrogens is 935 g/mol. The molecule has 0 radical (unpaired) electrons. The highest BCUT2D eigenvalue weighted by Gasteiger charge is 2.53. The Kier molecular flexibility index (Phi) is 21.3. The zero-order valence-corrected chi connectivity index (χ0v) is 44.6. The van der Waals surface area contributed by atoms with Gasteiger partial charge in [0.15, 0.2) is 12.6 Å². The first-order valence-electron chi connectivity index (χ1n) is 25.7. The Morgan fingerprint density at radius 1 is 0.917 bits per heavy atom. The number of aliphatic hydroxyl groups excluding tert-OH is 3. The van der Waals surface area contributed by atoms with E-state index < -0.39 is 108 Å². The number of aryl methyl sites for hydroxylation is 1. The Labute approximate surface area is 425 Å². The number of aliphatic hydroxyl groups is 4. The summed E-state index contributed by atoms with van der Waals surface area (Å²) >= 11 is 0. The number of cyclic esters (lactones) is 1. The van der Waals surface area contributed by atoms with Gasteiger partial charge in [0, 0.05) is 76.6 Å². The highest BCUT2D eigenvalue weighted by molar-refractivity contribution is 5.83. The van der Waals surface area contributed by atoms with Crippen molar-refractivity contribution in [3.8, 4) is 0 Å². The molecule has 6 N–H and O–H groups in total. The lowest BCUT2D eigenvalue weighted by atomic mass is 9.74. The van der Waals surface area contributed by atoms with Gasteiger partial charge in [-0.15, -0.1) is 5.10 Å². The van der Waals surface area contributed by atoms with Crippen LogP contribution in [0, 0.1) is 17.8 Å². The Morgan fingerprint density at radius 2 is 1.58 bits per heavy atom. The molecule has 4 heterocycles. The van der Waals surface area contributed by atoms with Gasteiger partial charge in [0.05, 0.1) is 53.8 Å². The number of hydroxylamine groups is 1. The fourth-order valence-electron chi connectivity index (χ4n) is 10.9. The van der Waals surface area contributed by atoms with Crippen LogP contribution in [0.2, 0.25) is 0 Å². The third-order valence-corrected chi connectivity index (χ3v) is 15.6. The molecule has 1 amide bonds. The summed E-state index contributed by atoms with van der Waals surface area (Å²) in [7, 11) is 4.94. The molecule has 0 saturated carbocycles. The maximum absolute atomic E-state index is 14.2. The van der Waals surface area contributed by atoms with E-state index in [1.807, 2.05) is 51.4 Å². The van der Waals surface area contributed by atoms with Gasteiger partial charge in [-0.3, -0.25) is 29.2 Å². The minimum atomic E-state index is -1.99. The SMILES string of the molecule is CCC1OC(=O)C[C@H](OC2C[C@@](C)(OC)[C@@H](O)[C@H](C)O2)[C@H](C)C(OC2O[C@H](C)C[C@H](N(C)Cc3ccc(Cc4cn(CCCCCC(=O)NO)nn4)cc3)[C@H]2O)[C@@](C)(OC)C[C@@H](C)C(=O)[C@H](C)[C@@H](O)[C@]1(C)O. The van der Waals surface area contributed by atoms with E-state index in [-0.39, 0.29) is 44.0 Å². The van der Waals surface area contributed by atoms with Crippen molar-refractivity contribution < 1.29 is 73.2 Å². The van der Waals surface area contributed by atoms with Crippen molar-refractivity contribution in [1.29, 1.82) is 0 Å². The number of hydrogen-bond donors (Lipinski definition) is 6. The van der Waals surface area contributed by atoms with Crippen molar-refractivity contribution in [2.75, 3.05) is 21.3 Å². The van der Waals surface area contributed by atoms with Gasteiger partial charge in [-0.1, -0.05) is 63.6 Å². The van der Waals surface area contributed by atoms with Crippen LogP contribution < -0.4 is 5.48 Å². The molecule has 1 aromatic heterocycles. The number of amides is 1. The van der Waals surface area contributed by atoms with Crippen LogP contribution in [0.4, 0.5) is 0 Å². The third-order valence-electron chi connectivity index (χ3n) is 15.6. The second kappa shape index (κ2) is 25.8. The van der Waals surface area contributed by atoms with Crippen molar-refractivity contribution in [1.82, 2.24) is 25.4 Å². The van der Waals surface area contributed by atoms with Gasteiger partial charge < -0.3 is 53.6 Å². The molecule has 3 aliphatic rings. The molecule has 3 fully saturated rings. The number of carbonyl (C=O) groups excluding carboxylic acids is 3. The van der Waals surface area contributed by atoms with Crippen LogP contribution in [0.1, 0.15) is 137 Å². The van der Waals surface area contributed by atoms with E-state index in [4.69, 9.17) is 38.4 Å². The van der Waals surface area contributed by atoms with Gasteiger partial charge in [0.2, 0.25) is 5.91 Å². The van der Waals surface area contributed by atoms with Crippen LogP contribution in [0.5, 0.6) is 0 Å². The molecule has 4 unspecified atom stereocenters. The van der Waals surface area contributed by atoms with E-state index in [0.29, 0.717) is 32.4 Å². The fourth-order valence-corrected chi connectivity index (χ4v) is 10.9. The van der Waals surface area contributed by atoms with Gasteiger partial charge in [-0.2, -0.15) is 0 Å². The standard InChI is InChI=1S/C52H85N5O15/c1-13-40-52(9,64)46(62)33(5)44(60)30(2)26-51(8,67-12)48(32(4)39(25-42(59)71-40)70-43-27-50(7,66-11)47(63)34(6)69-43)72-49-45(61)38(23-31(3)68-49)56(10)28-36-20-18-35(19-21-36)24-37-29-57(55-53-37)22-16-14-15-17-41(58)54-65/h18-21,29-34,38-40,43,45-49,61-65H,13-17,22-28H2,1-12H3,(H,54,58)/t30-,31-,32+,33+,34+,38+,39+,40?,43?,45-,46-,47+,48?,49?,50-,51+,52-/m1/s1. The summed E-state index contributed by atoms with van der Waals surface area (Å²) in [6.07, 6.45) is -4.72. The molecule has 20 nitrogen and oxygen atoms in total. The number of hydrogen-bond acceptors (Lipinski definition) is 18. The third kappa shape index (κ3) is 14.7. The number of methoxy groups -OCH3 is 2. The molecule has 5 rings (SSSR count). The molecule has 2 aromatic rings. The summed E-state index contributed by atoms with van der Waals surface area (Å²) in [5.41, 5.74) is 0.184. The monoisotopic (exact) mass is 1020 g/mol. The van der Waals surface area contributed by atoms with Crippen LogP contribution in [0.3, 0.4) is 0 Å². The summed E-state index contributed by atoms with van der Waals surface area (Å²) in [5, 5.41) is 63.9. The second-order valence-electron chi connectivity index (χ2n) is 21.4. The van der Waals surface area contributed by atoms with Gasteiger partial charge >= 0.3 is 5.97 Å². The number of unbranched alkanes of at least 4 members (excludes halogenated alkanes) is 2. The molecule has 72 heavy (non-hydrogen) atoms. The number of nitrogens with zero attached hydrogens (tertiary/aromatic N) is 4. The highest BCUT2D eigenvalue weighted by Crippen LogP contribution is 2.41. The second-order valence-corrected chi connectivity index (χ2v) is 21.4. The first kappa shape index (κ1) is 59.4. The van der Waals surface area contributed by atoms with Crippen LogP contribution in [0.15, 0.2) is 30.5 Å². The number of rotatable bonds is 18. The lowest BCUT2D eigenvalue weighted by Crippen LogP contribution is -2.61. The first-order valence-corrected chi connectivity index (χ1v) is 25.7. The topological polar surface area (TPSA) is 263 Å². The molecule has 3 aliphatic heterocycles. The molecular formula is C52H85N5O15. The van der Waals surface area contributed by atoms with Crippen molar-refractivity contribution in [3.05, 3.63) is 47.3 Å². The average Bonchev–Trinajstić information content (AvgIpc) is 3.80. The summed E-state index contributed by atoms with van der Waals surface area (Å²) in [4.78, 5) is 41.7. The number of nitrogens with one attached hydrogen (secondary N) is 1. The van der Waals surface area contributed by atoms with Crippen LogP contribution in [-0.2, 0) is 67.1 Å². The molecule has 0 bridgehead atoms. The predicted octanol–water partition coefficient (Wildman–Crippen LogP) is 4.01. The zero-order valence-electron chi connectivity index (χ0n) is 44.6. The molecule has 20 heteroatoms. The van der Waals surface area contributed by atoms with Crippen LogP contribution in [0.25, 0.3) is 0 Å². The minimum absolute atomic E-state index is 0.0704. The molecule has 1 aromatic carbocycles. The van der Waals surface area contributed by atoms with Gasteiger partial charge in [0.25, 0.3) is 0 Å². The normalized spacial score (nSPS) is 37.5. The van der Waals surface area contributed by atoms with Crippen molar-refractivity contribution >= 4 is 17.7 Å². The maximum atomic E-state index is 14.2.